The molecule has 27 heavy (non-hydrogen) atoms. The molecule has 3 rings (SSSR count). The van der Waals surface area contributed by atoms with E-state index >= 15 is 0 Å². The third-order valence-electron chi connectivity index (χ3n) is 4.50. The van der Waals surface area contributed by atoms with Gasteiger partial charge in [-0.25, -0.2) is 0 Å². The van der Waals surface area contributed by atoms with Gasteiger partial charge in [0, 0.05) is 35.9 Å². The summed E-state index contributed by atoms with van der Waals surface area (Å²) in [6, 6.07) is 11.2. The molecule has 1 atom stereocenters. The van der Waals surface area contributed by atoms with Crippen LogP contribution in [0.25, 0.3) is 10.8 Å². The first-order valence-corrected chi connectivity index (χ1v) is 8.34. The lowest BCUT2D eigenvalue weighted by atomic mass is 9.95. The topological polar surface area (TPSA) is 66.9 Å². The number of carbonyl (C=O) groups is 1. The minimum atomic E-state index is -0.474. The highest BCUT2D eigenvalue weighted by Gasteiger charge is 2.24. The number of benzene rings is 2. The predicted octanol–water partition coefficient (Wildman–Crippen LogP) is 3.81. The Morgan fingerprint density at radius 3 is 2.07 bits per heavy atom. The number of aldehydes is 1. The molecule has 3 aromatic rings. The lowest BCUT2D eigenvalue weighted by Crippen LogP contribution is -2.09. The first kappa shape index (κ1) is 18.7. The Kier molecular flexibility index (Phi) is 5.57. The minimum Gasteiger partial charge on any atom is -0.496 e. The van der Waals surface area contributed by atoms with Gasteiger partial charge in [0.2, 0.25) is 0 Å². The number of pyridine rings is 1. The van der Waals surface area contributed by atoms with Crippen LogP contribution in [0.15, 0.2) is 42.6 Å². The smallest absolute Gasteiger partial charge is 0.169 e. The van der Waals surface area contributed by atoms with Crippen molar-refractivity contribution in [3.8, 4) is 17.2 Å². The fraction of sp³-hybridized carbons (Fsp3) is 0.238. The van der Waals surface area contributed by atoms with Gasteiger partial charge in [-0.2, -0.15) is 0 Å². The molecule has 0 saturated heterocycles. The van der Waals surface area contributed by atoms with Crippen LogP contribution in [0.3, 0.4) is 0 Å². The summed E-state index contributed by atoms with van der Waals surface area (Å²) in [4.78, 5) is 15.7. The molecule has 1 heterocycles. The molecule has 0 saturated carbocycles. The van der Waals surface area contributed by atoms with Crippen molar-refractivity contribution < 1.29 is 23.7 Å². The number of rotatable bonds is 7. The summed E-state index contributed by atoms with van der Waals surface area (Å²) in [5.74, 6) is 1.73. The van der Waals surface area contributed by atoms with E-state index in [1.807, 2.05) is 30.3 Å². The van der Waals surface area contributed by atoms with Crippen LogP contribution in [0, 0.1) is 0 Å². The first-order chi connectivity index (χ1) is 13.2. The number of hydrogen-bond donors (Lipinski definition) is 0. The second kappa shape index (κ2) is 8.05. The molecule has 0 radical (unpaired) electrons. The van der Waals surface area contributed by atoms with Crippen LogP contribution >= 0.6 is 0 Å². The van der Waals surface area contributed by atoms with Crippen molar-refractivity contribution in [2.45, 2.75) is 6.10 Å². The number of methoxy groups -OCH3 is 4. The van der Waals surface area contributed by atoms with E-state index in [0.29, 0.717) is 22.9 Å². The van der Waals surface area contributed by atoms with Gasteiger partial charge in [-0.05, 0) is 11.5 Å². The van der Waals surface area contributed by atoms with E-state index in [9.17, 15) is 4.79 Å². The van der Waals surface area contributed by atoms with Crippen LogP contribution in [0.4, 0.5) is 0 Å². The van der Waals surface area contributed by atoms with Crippen LogP contribution in [-0.2, 0) is 4.74 Å². The van der Waals surface area contributed by atoms with E-state index in [-0.39, 0.29) is 0 Å². The van der Waals surface area contributed by atoms with Crippen LogP contribution in [0.2, 0.25) is 0 Å². The molecule has 0 N–H and O–H groups in total. The third-order valence-corrected chi connectivity index (χ3v) is 4.50. The van der Waals surface area contributed by atoms with E-state index in [4.69, 9.17) is 18.9 Å². The van der Waals surface area contributed by atoms with E-state index < -0.39 is 6.10 Å². The molecule has 2 aromatic carbocycles. The summed E-state index contributed by atoms with van der Waals surface area (Å²) in [5, 5.41) is 1.66. The molecular formula is C21H21NO5. The molecule has 0 bridgehead atoms. The third kappa shape index (κ3) is 3.31. The summed E-state index contributed by atoms with van der Waals surface area (Å²) < 4.78 is 22.2. The van der Waals surface area contributed by atoms with Gasteiger partial charge in [0.1, 0.15) is 17.5 Å². The zero-order valence-corrected chi connectivity index (χ0v) is 15.7. The van der Waals surface area contributed by atoms with Gasteiger partial charge >= 0.3 is 0 Å². The average molecular weight is 367 g/mol. The van der Waals surface area contributed by atoms with Gasteiger partial charge < -0.3 is 18.9 Å². The average Bonchev–Trinajstić information content (AvgIpc) is 2.73. The molecular weight excluding hydrogens is 346 g/mol. The van der Waals surface area contributed by atoms with E-state index in [0.717, 1.165) is 28.2 Å². The molecule has 0 aliphatic rings. The highest BCUT2D eigenvalue weighted by atomic mass is 16.5. The predicted molar refractivity (Wildman–Crippen MR) is 102 cm³/mol. The highest BCUT2D eigenvalue weighted by molar-refractivity contribution is 5.97. The Bertz CT molecular complexity index is 970. The van der Waals surface area contributed by atoms with Crippen molar-refractivity contribution >= 4 is 17.1 Å². The van der Waals surface area contributed by atoms with E-state index in [1.165, 1.54) is 0 Å². The number of fused-ring (bicyclic) bond motifs is 1. The Labute approximate surface area is 157 Å². The Morgan fingerprint density at radius 2 is 1.48 bits per heavy atom. The molecule has 0 fully saturated rings. The Balaban J connectivity index is 2.25. The van der Waals surface area contributed by atoms with Crippen molar-refractivity contribution in [2.75, 3.05) is 28.4 Å². The standard InChI is InChI=1S/C21H21NO5/c1-24-18-10-20(26-3)19(25-2)9-15(18)21(27-4)16-11-22-17(12-23)14-8-6-5-7-13(14)16/h5-12,21H,1-4H3. The van der Waals surface area contributed by atoms with Gasteiger partial charge in [0.25, 0.3) is 0 Å². The van der Waals surface area contributed by atoms with Crippen LogP contribution in [-0.4, -0.2) is 39.7 Å². The maximum Gasteiger partial charge on any atom is 0.169 e. The number of hydrogen-bond acceptors (Lipinski definition) is 6. The zero-order chi connectivity index (χ0) is 19.4. The molecule has 6 heteroatoms. The van der Waals surface area contributed by atoms with Crippen LogP contribution in [0.5, 0.6) is 17.2 Å². The number of ether oxygens (including phenoxy) is 4. The molecule has 0 aliphatic heterocycles. The molecule has 140 valence electrons. The summed E-state index contributed by atoms with van der Waals surface area (Å²) >= 11 is 0. The van der Waals surface area contributed by atoms with Crippen molar-refractivity contribution in [3.63, 3.8) is 0 Å². The molecule has 6 nitrogen and oxygen atoms in total. The minimum absolute atomic E-state index is 0.392. The zero-order valence-electron chi connectivity index (χ0n) is 15.7. The van der Waals surface area contributed by atoms with Gasteiger partial charge in [0.05, 0.1) is 21.3 Å². The normalized spacial score (nSPS) is 11.9. The molecule has 1 unspecified atom stereocenters. The Hall–Kier alpha value is -3.12. The maximum atomic E-state index is 11.4. The van der Waals surface area contributed by atoms with Crippen molar-refractivity contribution in [3.05, 3.63) is 59.4 Å². The van der Waals surface area contributed by atoms with E-state index in [2.05, 4.69) is 4.98 Å². The van der Waals surface area contributed by atoms with Crippen molar-refractivity contribution in [1.29, 1.82) is 0 Å². The summed E-state index contributed by atoms with van der Waals surface area (Å²) in [5.41, 5.74) is 1.98. The second-order valence-corrected chi connectivity index (χ2v) is 5.83. The number of nitrogens with zero attached hydrogens (tertiary/aromatic N) is 1. The van der Waals surface area contributed by atoms with Gasteiger partial charge in [0.15, 0.2) is 17.8 Å². The van der Waals surface area contributed by atoms with Crippen molar-refractivity contribution in [2.24, 2.45) is 0 Å². The summed E-state index contributed by atoms with van der Waals surface area (Å²) in [6.07, 6.45) is 1.94. The Morgan fingerprint density at radius 1 is 0.852 bits per heavy atom. The van der Waals surface area contributed by atoms with Gasteiger partial charge in [-0.3, -0.25) is 9.78 Å². The van der Waals surface area contributed by atoms with Gasteiger partial charge in [-0.15, -0.1) is 0 Å². The first-order valence-electron chi connectivity index (χ1n) is 8.34. The van der Waals surface area contributed by atoms with Crippen LogP contribution in [0.1, 0.15) is 27.7 Å². The number of aromatic nitrogens is 1. The lowest BCUT2D eigenvalue weighted by Gasteiger charge is -2.22. The quantitative estimate of drug-likeness (QED) is 0.592. The number of carbonyl (C=O) groups excluding carboxylic acids is 1. The van der Waals surface area contributed by atoms with Gasteiger partial charge in [-0.1, -0.05) is 24.3 Å². The maximum absolute atomic E-state index is 11.4. The summed E-state index contributed by atoms with van der Waals surface area (Å²) in [6.45, 7) is 0. The molecule has 1 aromatic heterocycles. The monoisotopic (exact) mass is 367 g/mol. The van der Waals surface area contributed by atoms with Crippen LogP contribution < -0.4 is 14.2 Å². The van der Waals surface area contributed by atoms with E-state index in [1.54, 1.807) is 40.7 Å². The molecule has 0 amide bonds. The molecule has 0 spiro atoms. The fourth-order valence-corrected chi connectivity index (χ4v) is 3.22. The summed E-state index contributed by atoms with van der Waals surface area (Å²) in [7, 11) is 6.35. The van der Waals surface area contributed by atoms with Crippen molar-refractivity contribution in [1.82, 2.24) is 4.98 Å². The second-order valence-electron chi connectivity index (χ2n) is 5.83. The molecule has 0 aliphatic carbocycles. The largest absolute Gasteiger partial charge is 0.496 e. The highest BCUT2D eigenvalue weighted by Crippen LogP contribution is 2.42. The SMILES string of the molecule is COc1cc(OC)c(C(OC)c2cnc(C=O)c3ccccc23)cc1OC. The fourth-order valence-electron chi connectivity index (χ4n) is 3.22. The lowest BCUT2D eigenvalue weighted by molar-refractivity contribution is 0.112.